The average molecular weight is 506 g/mol. The molecule has 1 unspecified atom stereocenters. The molecule has 3 rings (SSSR count). The number of carbonyl (C=O) groups excluding carboxylic acids is 2. The highest BCUT2D eigenvalue weighted by Gasteiger charge is 2.53. The van der Waals surface area contributed by atoms with Gasteiger partial charge < -0.3 is 14.4 Å². The molecule has 27 heavy (non-hydrogen) atoms. The van der Waals surface area contributed by atoms with Crippen molar-refractivity contribution in [3.8, 4) is 0 Å². The van der Waals surface area contributed by atoms with Crippen LogP contribution in [0.4, 0.5) is 4.79 Å². The zero-order chi connectivity index (χ0) is 19.7. The largest absolute Gasteiger partial charge is 0.463 e. The molecule has 0 saturated carbocycles. The molecule has 5 atom stereocenters. The van der Waals surface area contributed by atoms with E-state index in [2.05, 4.69) is 46.9 Å². The number of piperidine rings is 1. The van der Waals surface area contributed by atoms with Crippen molar-refractivity contribution in [2.45, 2.75) is 69.7 Å². The van der Waals surface area contributed by atoms with Crippen LogP contribution >= 0.6 is 34.2 Å². The Morgan fingerprint density at radius 2 is 1.81 bits per heavy atom. The van der Waals surface area contributed by atoms with Crippen LogP contribution in [-0.4, -0.2) is 40.7 Å². The van der Waals surface area contributed by atoms with Crippen LogP contribution in [0.25, 0.3) is 0 Å². The maximum absolute atomic E-state index is 13.0. The summed E-state index contributed by atoms with van der Waals surface area (Å²) in [7, 11) is 0. The lowest BCUT2D eigenvalue weighted by Crippen LogP contribution is -2.54. The van der Waals surface area contributed by atoms with Crippen molar-refractivity contribution in [2.24, 2.45) is 5.92 Å². The molecule has 2 bridgehead atoms. The highest BCUT2D eigenvalue weighted by atomic mass is 127. The molecule has 5 nitrogen and oxygen atoms in total. The second-order valence-corrected chi connectivity index (χ2v) is 9.40. The molecule has 0 N–H and O–H groups in total. The summed E-state index contributed by atoms with van der Waals surface area (Å²) in [5.41, 5.74) is 0.420. The monoisotopic (exact) mass is 505 g/mol. The van der Waals surface area contributed by atoms with Crippen LogP contribution in [-0.2, 0) is 14.3 Å². The summed E-state index contributed by atoms with van der Waals surface area (Å²) in [6.45, 7) is 5.31. The zero-order valence-electron chi connectivity index (χ0n) is 15.7. The number of hydrogen-bond acceptors (Lipinski definition) is 4. The minimum absolute atomic E-state index is 0.0308. The van der Waals surface area contributed by atoms with Crippen molar-refractivity contribution < 1.29 is 19.1 Å². The van der Waals surface area contributed by atoms with Crippen molar-refractivity contribution in [3.63, 3.8) is 0 Å². The number of hydrogen-bond donors (Lipinski definition) is 0. The number of carbonyl (C=O) groups is 2. The van der Waals surface area contributed by atoms with Gasteiger partial charge in [0.15, 0.2) is 5.56 Å². The number of fused-ring (bicyclic) bond motifs is 2. The van der Waals surface area contributed by atoms with Crippen molar-refractivity contribution >= 4 is 46.3 Å². The number of ether oxygens (including phenoxy) is 2. The van der Waals surface area contributed by atoms with Gasteiger partial charge in [-0.25, -0.2) is 4.79 Å². The predicted octanol–water partition coefficient (Wildman–Crippen LogP) is 4.90. The van der Waals surface area contributed by atoms with Gasteiger partial charge in [-0.1, -0.05) is 23.7 Å². The number of amides is 1. The Balaban J connectivity index is 1.93. The van der Waals surface area contributed by atoms with E-state index in [0.29, 0.717) is 0 Å². The van der Waals surface area contributed by atoms with Crippen LogP contribution < -0.4 is 0 Å². The number of rotatable bonds is 4. The smallest absolute Gasteiger partial charge is 0.411 e. The Kier molecular flexibility index (Phi) is 6.56. The van der Waals surface area contributed by atoms with Crippen molar-refractivity contribution in [2.75, 3.05) is 0 Å². The van der Waals surface area contributed by atoms with Gasteiger partial charge in [0, 0.05) is 21.6 Å². The summed E-state index contributed by atoms with van der Waals surface area (Å²) in [6.07, 6.45) is 1.73. The standard InChI is InChI=1S/C20H25ClINO4/c1-11(2)26-19(24)18-16(13-4-6-14(22)7-5-13)10-15-8-9-17(18)23(15)20(25)27-12(3)21/h4-7,11-12,15-18H,8-10H2,1-3H3/t12?,15-,16+,17+,18-/m0/s1. The third kappa shape index (κ3) is 4.53. The van der Waals surface area contributed by atoms with E-state index >= 15 is 0 Å². The Morgan fingerprint density at radius 1 is 1.15 bits per heavy atom. The van der Waals surface area contributed by atoms with Crippen LogP contribution in [0.5, 0.6) is 0 Å². The normalized spacial score (nSPS) is 28.1. The van der Waals surface area contributed by atoms with E-state index in [1.807, 2.05) is 13.8 Å². The fourth-order valence-electron chi connectivity index (χ4n) is 4.37. The van der Waals surface area contributed by atoms with Crippen LogP contribution in [0.2, 0.25) is 0 Å². The Hall–Kier alpha value is -1.02. The number of nitrogens with zero attached hydrogens (tertiary/aromatic N) is 1. The highest BCUT2D eigenvalue weighted by Crippen LogP contribution is 2.48. The quantitative estimate of drug-likeness (QED) is 0.332. The van der Waals surface area contributed by atoms with Gasteiger partial charge in [0.25, 0.3) is 0 Å². The molecular formula is C20H25ClINO4. The first-order valence-corrected chi connectivity index (χ1v) is 10.9. The molecule has 2 fully saturated rings. The van der Waals surface area contributed by atoms with E-state index in [0.717, 1.165) is 28.4 Å². The van der Waals surface area contributed by atoms with Gasteiger partial charge in [0.2, 0.25) is 0 Å². The lowest BCUT2D eigenvalue weighted by atomic mass is 9.76. The molecule has 2 heterocycles. The molecule has 0 aliphatic carbocycles. The zero-order valence-corrected chi connectivity index (χ0v) is 18.6. The summed E-state index contributed by atoms with van der Waals surface area (Å²) >= 11 is 8.12. The number of alkyl halides is 1. The summed E-state index contributed by atoms with van der Waals surface area (Å²) in [5, 5.41) is 0. The molecule has 7 heteroatoms. The average Bonchev–Trinajstić information content (AvgIpc) is 2.88. The lowest BCUT2D eigenvalue weighted by Gasteiger charge is -2.43. The van der Waals surface area contributed by atoms with Gasteiger partial charge in [0.1, 0.15) is 0 Å². The van der Waals surface area contributed by atoms with E-state index in [1.54, 1.807) is 11.8 Å². The minimum Gasteiger partial charge on any atom is -0.463 e. The molecule has 1 amide bonds. The van der Waals surface area contributed by atoms with Gasteiger partial charge in [0.05, 0.1) is 12.0 Å². The van der Waals surface area contributed by atoms with E-state index in [9.17, 15) is 9.59 Å². The maximum atomic E-state index is 13.0. The fourth-order valence-corrected chi connectivity index (χ4v) is 4.81. The van der Waals surface area contributed by atoms with Gasteiger partial charge in [-0.05, 0) is 80.3 Å². The number of esters is 1. The summed E-state index contributed by atoms with van der Waals surface area (Å²) in [5.74, 6) is -0.608. The Morgan fingerprint density at radius 3 is 2.41 bits per heavy atom. The van der Waals surface area contributed by atoms with Crippen LogP contribution in [0.15, 0.2) is 24.3 Å². The third-order valence-electron chi connectivity index (χ3n) is 5.32. The summed E-state index contributed by atoms with van der Waals surface area (Å²) in [4.78, 5) is 27.4. The molecule has 2 aliphatic heterocycles. The molecule has 148 valence electrons. The van der Waals surface area contributed by atoms with Gasteiger partial charge in [-0.3, -0.25) is 4.79 Å². The van der Waals surface area contributed by atoms with Crippen LogP contribution in [0.1, 0.15) is 51.5 Å². The van der Waals surface area contributed by atoms with E-state index in [-0.39, 0.29) is 30.1 Å². The maximum Gasteiger partial charge on any atom is 0.411 e. The lowest BCUT2D eigenvalue weighted by molar-refractivity contribution is -0.157. The number of benzene rings is 1. The molecule has 0 aromatic heterocycles. The topological polar surface area (TPSA) is 55.8 Å². The Labute approximate surface area is 178 Å². The molecule has 2 aliphatic rings. The molecular weight excluding hydrogens is 481 g/mol. The second kappa shape index (κ2) is 8.55. The van der Waals surface area contributed by atoms with Crippen molar-refractivity contribution in [1.29, 1.82) is 0 Å². The first kappa shape index (κ1) is 20.7. The second-order valence-electron chi connectivity index (χ2n) is 7.54. The fraction of sp³-hybridized carbons (Fsp3) is 0.600. The van der Waals surface area contributed by atoms with Gasteiger partial charge >= 0.3 is 12.1 Å². The summed E-state index contributed by atoms with van der Waals surface area (Å²) in [6, 6.07) is 8.11. The predicted molar refractivity (Wildman–Crippen MR) is 112 cm³/mol. The van der Waals surface area contributed by atoms with Crippen molar-refractivity contribution in [3.05, 3.63) is 33.4 Å². The van der Waals surface area contributed by atoms with Gasteiger partial charge in [-0.15, -0.1) is 0 Å². The van der Waals surface area contributed by atoms with Gasteiger partial charge in [-0.2, -0.15) is 0 Å². The van der Waals surface area contributed by atoms with Crippen molar-refractivity contribution in [1.82, 2.24) is 4.90 Å². The molecule has 2 saturated heterocycles. The van der Waals surface area contributed by atoms with Crippen LogP contribution in [0.3, 0.4) is 0 Å². The first-order chi connectivity index (χ1) is 12.8. The minimum atomic E-state index is -0.702. The Bertz CT molecular complexity index is 694. The van der Waals surface area contributed by atoms with E-state index in [4.69, 9.17) is 21.1 Å². The number of halogens is 2. The first-order valence-electron chi connectivity index (χ1n) is 9.37. The third-order valence-corrected chi connectivity index (χ3v) is 6.12. The molecule has 0 spiro atoms. The molecule has 1 aromatic rings. The van der Waals surface area contributed by atoms with Crippen LogP contribution in [0, 0.1) is 9.49 Å². The summed E-state index contributed by atoms with van der Waals surface area (Å²) < 4.78 is 12.0. The van der Waals surface area contributed by atoms with E-state index in [1.165, 1.54) is 0 Å². The molecule has 1 aromatic carbocycles. The highest BCUT2D eigenvalue weighted by molar-refractivity contribution is 14.1. The molecule has 0 radical (unpaired) electrons. The SMILES string of the molecule is CC(C)OC(=O)[C@H]1[C@@H](c2ccc(I)cc2)C[C@@H]2CC[C@H]1N2C(=O)OC(C)Cl. The van der Waals surface area contributed by atoms with E-state index < -0.39 is 17.6 Å².